The zero-order valence-corrected chi connectivity index (χ0v) is 12.8. The third kappa shape index (κ3) is 3.14. The van der Waals surface area contributed by atoms with Gasteiger partial charge in [-0.15, -0.1) is 0 Å². The minimum Gasteiger partial charge on any atom is -0.339 e. The van der Waals surface area contributed by atoms with Crippen molar-refractivity contribution in [3.63, 3.8) is 0 Å². The summed E-state index contributed by atoms with van der Waals surface area (Å²) in [4.78, 5) is 11.0. The van der Waals surface area contributed by atoms with Crippen LogP contribution in [0.25, 0.3) is 11.4 Å². The van der Waals surface area contributed by atoms with Crippen molar-refractivity contribution in [2.45, 2.75) is 18.9 Å². The van der Waals surface area contributed by atoms with E-state index in [1.54, 1.807) is 12.4 Å². The minimum atomic E-state index is 0.321. The van der Waals surface area contributed by atoms with Gasteiger partial charge in [-0.05, 0) is 30.7 Å². The van der Waals surface area contributed by atoms with Crippen LogP contribution in [0.15, 0.2) is 59.4 Å². The molecular formula is C18H18N4O. The fourth-order valence-electron chi connectivity index (χ4n) is 3.04. The van der Waals surface area contributed by atoms with E-state index in [1.165, 1.54) is 5.56 Å². The molecule has 5 heteroatoms. The predicted octanol–water partition coefficient (Wildman–Crippen LogP) is 3.12. The summed E-state index contributed by atoms with van der Waals surface area (Å²) in [5, 5.41) is 4.11. The molecule has 3 heterocycles. The number of hydrogen-bond acceptors (Lipinski definition) is 5. The van der Waals surface area contributed by atoms with Crippen LogP contribution < -0.4 is 0 Å². The molecule has 0 amide bonds. The maximum absolute atomic E-state index is 5.49. The Labute approximate surface area is 135 Å². The van der Waals surface area contributed by atoms with Gasteiger partial charge in [0.05, 0.1) is 5.92 Å². The molecular weight excluding hydrogens is 288 g/mol. The van der Waals surface area contributed by atoms with Crippen molar-refractivity contribution >= 4 is 0 Å². The van der Waals surface area contributed by atoms with Crippen LogP contribution in [-0.4, -0.2) is 33.1 Å². The number of benzene rings is 1. The Morgan fingerprint density at radius 3 is 2.74 bits per heavy atom. The molecule has 1 fully saturated rings. The highest BCUT2D eigenvalue weighted by Crippen LogP contribution is 2.28. The van der Waals surface area contributed by atoms with Gasteiger partial charge in [-0.2, -0.15) is 4.98 Å². The maximum atomic E-state index is 5.49. The van der Waals surface area contributed by atoms with E-state index >= 15 is 0 Å². The quantitative estimate of drug-likeness (QED) is 0.741. The Morgan fingerprint density at radius 2 is 1.91 bits per heavy atom. The van der Waals surface area contributed by atoms with Crippen molar-refractivity contribution < 1.29 is 4.52 Å². The van der Waals surface area contributed by atoms with E-state index in [1.807, 2.05) is 12.1 Å². The molecule has 23 heavy (non-hydrogen) atoms. The van der Waals surface area contributed by atoms with Gasteiger partial charge < -0.3 is 4.52 Å². The molecule has 2 aromatic heterocycles. The van der Waals surface area contributed by atoms with Crippen LogP contribution in [0.2, 0.25) is 0 Å². The van der Waals surface area contributed by atoms with Crippen LogP contribution in [0.4, 0.5) is 0 Å². The van der Waals surface area contributed by atoms with Gasteiger partial charge in [-0.1, -0.05) is 35.5 Å². The molecule has 0 saturated carbocycles. The lowest BCUT2D eigenvalue weighted by Gasteiger charge is -2.14. The second kappa shape index (κ2) is 6.30. The summed E-state index contributed by atoms with van der Waals surface area (Å²) < 4.78 is 5.49. The van der Waals surface area contributed by atoms with Crippen LogP contribution in [0.1, 0.15) is 23.8 Å². The standard InChI is InChI=1S/C18H18N4O/c1-2-4-14(5-3-1)12-22-11-8-16(13-22)18-20-17(21-23-18)15-6-9-19-10-7-15/h1-7,9-10,16H,8,11-13H2/t16-/m0/s1. The number of hydrogen-bond donors (Lipinski definition) is 0. The first-order valence-corrected chi connectivity index (χ1v) is 7.89. The Hall–Kier alpha value is -2.53. The topological polar surface area (TPSA) is 55.1 Å². The molecule has 0 aliphatic carbocycles. The summed E-state index contributed by atoms with van der Waals surface area (Å²) in [6.07, 6.45) is 4.54. The van der Waals surface area contributed by atoms with Crippen molar-refractivity contribution in [1.29, 1.82) is 0 Å². The highest BCUT2D eigenvalue weighted by atomic mass is 16.5. The van der Waals surface area contributed by atoms with E-state index < -0.39 is 0 Å². The highest BCUT2D eigenvalue weighted by molar-refractivity contribution is 5.52. The van der Waals surface area contributed by atoms with Crippen molar-refractivity contribution in [3.05, 3.63) is 66.3 Å². The van der Waals surface area contributed by atoms with Crippen molar-refractivity contribution in [1.82, 2.24) is 20.0 Å². The molecule has 0 unspecified atom stereocenters. The molecule has 1 saturated heterocycles. The Morgan fingerprint density at radius 1 is 1.09 bits per heavy atom. The number of rotatable bonds is 4. The number of nitrogens with zero attached hydrogens (tertiary/aromatic N) is 4. The van der Waals surface area contributed by atoms with Gasteiger partial charge in [0.25, 0.3) is 0 Å². The largest absolute Gasteiger partial charge is 0.339 e. The van der Waals surface area contributed by atoms with Crippen LogP contribution in [-0.2, 0) is 6.54 Å². The van der Waals surface area contributed by atoms with Gasteiger partial charge in [0.2, 0.25) is 11.7 Å². The summed E-state index contributed by atoms with van der Waals surface area (Å²) in [5.74, 6) is 1.71. The molecule has 0 bridgehead atoms. The summed E-state index contributed by atoms with van der Waals surface area (Å²) >= 11 is 0. The smallest absolute Gasteiger partial charge is 0.231 e. The maximum Gasteiger partial charge on any atom is 0.231 e. The van der Waals surface area contributed by atoms with Crippen LogP contribution >= 0.6 is 0 Å². The Balaban J connectivity index is 1.43. The van der Waals surface area contributed by atoms with Crippen LogP contribution in [0, 0.1) is 0 Å². The van der Waals surface area contributed by atoms with E-state index in [4.69, 9.17) is 4.52 Å². The van der Waals surface area contributed by atoms with Gasteiger partial charge in [0.15, 0.2) is 0 Å². The van der Waals surface area contributed by atoms with E-state index in [0.29, 0.717) is 11.7 Å². The number of aromatic nitrogens is 3. The molecule has 3 aromatic rings. The Bertz CT molecular complexity index is 757. The second-order valence-corrected chi connectivity index (χ2v) is 5.90. The average molecular weight is 306 g/mol. The molecule has 1 aromatic carbocycles. The Kier molecular flexibility index (Phi) is 3.86. The van der Waals surface area contributed by atoms with Crippen molar-refractivity contribution in [3.8, 4) is 11.4 Å². The first kappa shape index (κ1) is 14.1. The van der Waals surface area contributed by atoms with Gasteiger partial charge in [-0.3, -0.25) is 9.88 Å². The third-order valence-electron chi connectivity index (χ3n) is 4.25. The SMILES string of the molecule is c1ccc(CN2CC[C@H](c3nc(-c4ccncc4)no3)C2)cc1. The zero-order valence-electron chi connectivity index (χ0n) is 12.8. The minimum absolute atomic E-state index is 0.321. The summed E-state index contributed by atoms with van der Waals surface area (Å²) in [6.45, 7) is 3.00. The predicted molar refractivity (Wildman–Crippen MR) is 86.6 cm³/mol. The van der Waals surface area contributed by atoms with E-state index in [-0.39, 0.29) is 0 Å². The fraction of sp³-hybridized carbons (Fsp3) is 0.278. The molecule has 4 rings (SSSR count). The van der Waals surface area contributed by atoms with E-state index in [2.05, 4.69) is 50.4 Å². The molecule has 0 radical (unpaired) electrons. The average Bonchev–Trinajstić information content (AvgIpc) is 3.26. The van der Waals surface area contributed by atoms with E-state index in [9.17, 15) is 0 Å². The summed E-state index contributed by atoms with van der Waals surface area (Å²) in [5.41, 5.74) is 2.28. The molecule has 1 atom stereocenters. The zero-order chi connectivity index (χ0) is 15.5. The molecule has 1 aliphatic rings. The fourth-order valence-corrected chi connectivity index (χ4v) is 3.04. The summed E-state index contributed by atoms with van der Waals surface area (Å²) in [7, 11) is 0. The van der Waals surface area contributed by atoms with E-state index in [0.717, 1.165) is 37.5 Å². The van der Waals surface area contributed by atoms with Crippen LogP contribution in [0.3, 0.4) is 0 Å². The number of pyridine rings is 1. The molecule has 0 spiro atoms. The molecule has 0 N–H and O–H groups in total. The lowest BCUT2D eigenvalue weighted by Crippen LogP contribution is -2.19. The molecule has 1 aliphatic heterocycles. The number of likely N-dealkylation sites (tertiary alicyclic amines) is 1. The van der Waals surface area contributed by atoms with Crippen LogP contribution in [0.5, 0.6) is 0 Å². The van der Waals surface area contributed by atoms with Gasteiger partial charge in [0, 0.05) is 31.0 Å². The first-order valence-electron chi connectivity index (χ1n) is 7.89. The van der Waals surface area contributed by atoms with Gasteiger partial charge in [0.1, 0.15) is 0 Å². The van der Waals surface area contributed by atoms with Gasteiger partial charge >= 0.3 is 0 Å². The lowest BCUT2D eigenvalue weighted by atomic mass is 10.1. The summed E-state index contributed by atoms with van der Waals surface area (Å²) in [6, 6.07) is 14.3. The second-order valence-electron chi connectivity index (χ2n) is 5.90. The lowest BCUT2D eigenvalue weighted by molar-refractivity contribution is 0.309. The monoisotopic (exact) mass is 306 g/mol. The third-order valence-corrected chi connectivity index (χ3v) is 4.25. The van der Waals surface area contributed by atoms with Crippen molar-refractivity contribution in [2.24, 2.45) is 0 Å². The van der Waals surface area contributed by atoms with Crippen molar-refractivity contribution in [2.75, 3.05) is 13.1 Å². The molecule has 116 valence electrons. The van der Waals surface area contributed by atoms with Gasteiger partial charge in [-0.25, -0.2) is 0 Å². The molecule has 5 nitrogen and oxygen atoms in total. The normalized spacial score (nSPS) is 18.3. The first-order chi connectivity index (χ1) is 11.4. The highest BCUT2D eigenvalue weighted by Gasteiger charge is 2.28.